The van der Waals surface area contributed by atoms with Gasteiger partial charge in [-0.2, -0.15) is 0 Å². The second kappa shape index (κ2) is 31.3. The van der Waals surface area contributed by atoms with Gasteiger partial charge < -0.3 is 34.8 Å². The zero-order valence-corrected chi connectivity index (χ0v) is 34.9. The Bertz CT molecular complexity index is 1100. The van der Waals surface area contributed by atoms with E-state index in [0.717, 1.165) is 57.3 Å². The minimum atomic E-state index is -4.68. The van der Waals surface area contributed by atoms with Crippen LogP contribution < -0.4 is 0 Å². The van der Waals surface area contributed by atoms with Crippen molar-refractivity contribution in [3.8, 4) is 0 Å². The molecule has 0 bridgehead atoms. The molecular formula is C41H75O13P. The Morgan fingerprint density at radius 2 is 1.40 bits per heavy atom. The molecule has 0 radical (unpaired) electrons. The third kappa shape index (κ3) is 26.0. The molecule has 8 atom stereocenters. The van der Waals surface area contributed by atoms with Gasteiger partial charge in [-0.25, -0.2) is 4.57 Å². The predicted octanol–water partition coefficient (Wildman–Crippen LogP) is 7.28. The topological polar surface area (TPSA) is 206 Å². The van der Waals surface area contributed by atoms with Crippen molar-refractivity contribution in [1.29, 1.82) is 0 Å². The van der Waals surface area contributed by atoms with Gasteiger partial charge in [-0.15, -0.1) is 0 Å². The molecular weight excluding hydrogens is 731 g/mol. The summed E-state index contributed by atoms with van der Waals surface area (Å²) in [6, 6.07) is 0. The number of rotatable bonds is 35. The van der Waals surface area contributed by atoms with Crippen LogP contribution >= 0.6 is 7.82 Å². The number of esters is 2. The lowest BCUT2D eigenvalue weighted by atomic mass is 9.88. The summed E-state index contributed by atoms with van der Waals surface area (Å²) in [6.45, 7) is 4.30. The van der Waals surface area contributed by atoms with Crippen molar-refractivity contribution in [2.45, 2.75) is 186 Å². The van der Waals surface area contributed by atoms with Gasteiger partial charge in [0.25, 0.3) is 0 Å². The maximum absolute atomic E-state index is 12.7. The van der Waals surface area contributed by atoms with E-state index in [2.05, 4.69) is 25.3 Å². The number of carbonyl (C=O) groups excluding carboxylic acids is 3. The molecule has 1 rings (SSSR count). The number of aliphatic hydroxyl groups is 4. The summed E-state index contributed by atoms with van der Waals surface area (Å²) in [4.78, 5) is 47.7. The summed E-state index contributed by atoms with van der Waals surface area (Å²) in [6.07, 6.45) is 18.0. The molecule has 14 heteroatoms. The van der Waals surface area contributed by atoms with Crippen LogP contribution in [-0.4, -0.2) is 93.9 Å². The molecule has 1 aliphatic rings. The summed E-state index contributed by atoms with van der Waals surface area (Å²) in [7, 11) is -4.68. The van der Waals surface area contributed by atoms with Crippen LogP contribution in [0.2, 0.25) is 0 Å². The van der Waals surface area contributed by atoms with Gasteiger partial charge >= 0.3 is 19.8 Å². The Hall–Kier alpha value is -1.70. The van der Waals surface area contributed by atoms with Crippen LogP contribution in [0.15, 0.2) is 12.2 Å². The Balaban J connectivity index is 2.48. The molecule has 0 aromatic rings. The van der Waals surface area contributed by atoms with Gasteiger partial charge in [0.2, 0.25) is 0 Å². The Morgan fingerprint density at radius 3 is 2.04 bits per heavy atom. The number of phosphoric acid groups is 1. The van der Waals surface area contributed by atoms with Gasteiger partial charge in [0, 0.05) is 31.1 Å². The predicted molar refractivity (Wildman–Crippen MR) is 211 cm³/mol. The summed E-state index contributed by atoms with van der Waals surface area (Å²) < 4.78 is 32.7. The summed E-state index contributed by atoms with van der Waals surface area (Å²) in [5, 5.41) is 39.0. The number of carbonyl (C=O) groups is 3. The molecule has 0 spiro atoms. The largest absolute Gasteiger partial charge is 0.472 e. The number of ketones is 1. The lowest BCUT2D eigenvalue weighted by molar-refractivity contribution is -0.161. The van der Waals surface area contributed by atoms with Crippen molar-refractivity contribution in [2.24, 2.45) is 17.8 Å². The number of Topliss-reactive ketones (excluding diaryl/α,β-unsaturated/α-hetero) is 1. The smallest absolute Gasteiger partial charge is 0.462 e. The van der Waals surface area contributed by atoms with E-state index in [1.807, 2.05) is 0 Å². The molecule has 0 amide bonds. The van der Waals surface area contributed by atoms with E-state index in [0.29, 0.717) is 32.1 Å². The van der Waals surface area contributed by atoms with Crippen molar-refractivity contribution in [3.63, 3.8) is 0 Å². The van der Waals surface area contributed by atoms with E-state index in [-0.39, 0.29) is 43.5 Å². The number of aliphatic hydroxyl groups excluding tert-OH is 4. The second-order valence-electron chi connectivity index (χ2n) is 15.4. The Labute approximate surface area is 330 Å². The molecule has 1 saturated carbocycles. The average Bonchev–Trinajstić information content (AvgIpc) is 3.43. The third-order valence-electron chi connectivity index (χ3n) is 10.4. The number of hydrogen-bond donors (Lipinski definition) is 5. The van der Waals surface area contributed by atoms with Crippen molar-refractivity contribution in [2.75, 3.05) is 26.4 Å². The zero-order chi connectivity index (χ0) is 40.9. The number of hydrogen-bond acceptors (Lipinski definition) is 12. The monoisotopic (exact) mass is 806 g/mol. The third-order valence-corrected chi connectivity index (χ3v) is 11.3. The first kappa shape index (κ1) is 51.3. The zero-order valence-electron chi connectivity index (χ0n) is 34.0. The fraction of sp³-hybridized carbons (Fsp3) is 0.878. The lowest BCUT2D eigenvalue weighted by Gasteiger charge is -2.20. The molecule has 0 heterocycles. The number of phosphoric ester groups is 1. The highest BCUT2D eigenvalue weighted by molar-refractivity contribution is 7.47. The van der Waals surface area contributed by atoms with E-state index in [1.54, 1.807) is 12.2 Å². The van der Waals surface area contributed by atoms with Crippen LogP contribution in [0.1, 0.15) is 162 Å². The number of unbranched alkanes of at least 4 members (excludes halogenated alkanes) is 12. The molecule has 0 aromatic carbocycles. The normalized spacial score (nSPS) is 20.7. The van der Waals surface area contributed by atoms with Crippen LogP contribution in [0, 0.1) is 17.8 Å². The van der Waals surface area contributed by atoms with Crippen molar-refractivity contribution in [3.05, 3.63) is 12.2 Å². The standard InChI is InChI=1S/C41H75O13P/c1-4-6-15-21-33(43)25-26-37-36(38(45)27-39(37)46)22-17-13-14-19-24-41(48)54-35(31-53-55(49,50)52-29-34(44)28-42)30-51-40(47)23-18-12-10-8-7-9-11-16-20-32(3)5-2/h25-26,32-37,39,42-44,46H,4-24,27-31H2,1-3H3,(H,49,50)/b26-25+/t32?,33-,34-,35+,36+,37+,39+/m0/s1. The average molecular weight is 807 g/mol. The highest BCUT2D eigenvalue weighted by atomic mass is 31.2. The molecule has 55 heavy (non-hydrogen) atoms. The molecule has 2 unspecified atom stereocenters. The molecule has 1 aliphatic carbocycles. The highest BCUT2D eigenvalue weighted by Crippen LogP contribution is 2.43. The summed E-state index contributed by atoms with van der Waals surface area (Å²) in [5.74, 6) is -0.890. The first-order valence-electron chi connectivity index (χ1n) is 21.1. The van der Waals surface area contributed by atoms with Gasteiger partial charge in [-0.1, -0.05) is 129 Å². The van der Waals surface area contributed by atoms with Crippen LogP contribution in [0.25, 0.3) is 0 Å². The summed E-state index contributed by atoms with van der Waals surface area (Å²) >= 11 is 0. The number of ether oxygens (including phenoxy) is 2. The van der Waals surface area contributed by atoms with Crippen molar-refractivity contribution < 1.29 is 62.8 Å². The SMILES string of the molecule is CCCCC[C@H](O)/C=C/[C@H]1[C@H](O)CC(=O)[C@@H]1CCCCCCC(=O)O[C@H](COC(=O)CCCCCCCCCCC(C)CC)COP(=O)(O)OC[C@@H](O)CO. The quantitative estimate of drug-likeness (QED) is 0.0185. The molecule has 0 aliphatic heterocycles. The minimum Gasteiger partial charge on any atom is -0.462 e. The molecule has 322 valence electrons. The fourth-order valence-electron chi connectivity index (χ4n) is 6.63. The lowest BCUT2D eigenvalue weighted by Crippen LogP contribution is -2.29. The molecule has 0 saturated heterocycles. The first-order chi connectivity index (χ1) is 26.3. The van der Waals surface area contributed by atoms with Gasteiger partial charge in [-0.05, 0) is 31.6 Å². The molecule has 13 nitrogen and oxygen atoms in total. The van der Waals surface area contributed by atoms with Crippen molar-refractivity contribution >= 4 is 25.5 Å². The molecule has 5 N–H and O–H groups in total. The Kier molecular flexibility index (Phi) is 29.2. The fourth-order valence-corrected chi connectivity index (χ4v) is 7.42. The molecule has 0 aromatic heterocycles. The summed E-state index contributed by atoms with van der Waals surface area (Å²) in [5.41, 5.74) is 0. The van der Waals surface area contributed by atoms with Gasteiger partial charge in [0.1, 0.15) is 18.5 Å². The maximum atomic E-state index is 12.7. The molecule has 1 fully saturated rings. The van der Waals surface area contributed by atoms with Crippen LogP contribution in [0.4, 0.5) is 0 Å². The van der Waals surface area contributed by atoms with Gasteiger partial charge in [0.05, 0.1) is 32.0 Å². The van der Waals surface area contributed by atoms with Gasteiger partial charge in [0.15, 0.2) is 6.10 Å². The van der Waals surface area contributed by atoms with Crippen LogP contribution in [0.5, 0.6) is 0 Å². The van der Waals surface area contributed by atoms with Crippen LogP contribution in [0.3, 0.4) is 0 Å². The van der Waals surface area contributed by atoms with E-state index in [1.165, 1.54) is 38.5 Å². The van der Waals surface area contributed by atoms with Crippen molar-refractivity contribution in [1.82, 2.24) is 0 Å². The second-order valence-corrected chi connectivity index (χ2v) is 16.8. The first-order valence-corrected chi connectivity index (χ1v) is 22.6. The highest BCUT2D eigenvalue weighted by Gasteiger charge is 2.39. The van der Waals surface area contributed by atoms with E-state index < -0.39 is 64.0 Å². The van der Waals surface area contributed by atoms with Crippen LogP contribution in [-0.2, 0) is 37.5 Å². The van der Waals surface area contributed by atoms with Gasteiger partial charge in [-0.3, -0.25) is 23.4 Å². The maximum Gasteiger partial charge on any atom is 0.472 e. The van der Waals surface area contributed by atoms with E-state index >= 15 is 0 Å². The van der Waals surface area contributed by atoms with E-state index in [4.69, 9.17) is 19.1 Å². The van der Waals surface area contributed by atoms with E-state index in [9.17, 15) is 39.2 Å². The Morgan fingerprint density at radius 1 is 0.818 bits per heavy atom. The minimum absolute atomic E-state index is 0.0242.